The lowest BCUT2D eigenvalue weighted by Gasteiger charge is -2.27. The smallest absolute Gasteiger partial charge is 0.134 e. The van der Waals surface area contributed by atoms with Crippen LogP contribution in [0.5, 0.6) is 0 Å². The monoisotopic (exact) mass is 300 g/mol. The first kappa shape index (κ1) is 12.8. The molecule has 1 aliphatic heterocycles. The number of aromatic nitrogens is 1. The molecule has 1 saturated heterocycles. The summed E-state index contributed by atoms with van der Waals surface area (Å²) in [6.07, 6.45) is 2.78. The zero-order valence-electron chi connectivity index (χ0n) is 9.80. The molecule has 5 heteroatoms. The number of nitrogens with zero attached hydrogens (tertiary/aromatic N) is 2. The number of pyridine rings is 1. The van der Waals surface area contributed by atoms with Crippen LogP contribution >= 0.6 is 15.9 Å². The van der Waals surface area contributed by atoms with Crippen LogP contribution in [0.25, 0.3) is 0 Å². The van der Waals surface area contributed by atoms with Crippen LogP contribution in [0.4, 0.5) is 5.82 Å². The van der Waals surface area contributed by atoms with E-state index < -0.39 is 0 Å². The first-order valence-electron chi connectivity index (χ1n) is 5.80. The lowest BCUT2D eigenvalue weighted by molar-refractivity contribution is 0.243. The molecule has 0 aromatic carbocycles. The zero-order chi connectivity index (χ0) is 12.4. The van der Waals surface area contributed by atoms with Gasteiger partial charge < -0.3 is 15.1 Å². The van der Waals surface area contributed by atoms with E-state index in [1.54, 1.807) is 6.20 Å². The van der Waals surface area contributed by atoms with E-state index in [1.807, 2.05) is 6.07 Å². The van der Waals surface area contributed by atoms with E-state index in [4.69, 9.17) is 0 Å². The van der Waals surface area contributed by atoms with Crippen molar-refractivity contribution in [3.05, 3.63) is 22.3 Å². The van der Waals surface area contributed by atoms with Crippen molar-refractivity contribution < 1.29 is 10.2 Å². The Balaban J connectivity index is 2.33. The van der Waals surface area contributed by atoms with Gasteiger partial charge in [-0.2, -0.15) is 0 Å². The number of hydrogen-bond acceptors (Lipinski definition) is 4. The van der Waals surface area contributed by atoms with Crippen molar-refractivity contribution in [2.75, 3.05) is 18.1 Å². The quantitative estimate of drug-likeness (QED) is 0.889. The van der Waals surface area contributed by atoms with Crippen LogP contribution in [0, 0.1) is 5.92 Å². The fraction of sp³-hybridized carbons (Fsp3) is 0.583. The molecule has 0 saturated carbocycles. The second kappa shape index (κ2) is 5.33. The third kappa shape index (κ3) is 2.46. The number of anilines is 1. The van der Waals surface area contributed by atoms with E-state index in [0.29, 0.717) is 5.92 Å². The Morgan fingerprint density at radius 1 is 1.53 bits per heavy atom. The fourth-order valence-corrected chi connectivity index (χ4v) is 2.78. The molecule has 2 unspecified atom stereocenters. The van der Waals surface area contributed by atoms with E-state index in [-0.39, 0.29) is 19.3 Å². The van der Waals surface area contributed by atoms with E-state index in [1.165, 1.54) is 0 Å². The lowest BCUT2D eigenvalue weighted by Crippen LogP contribution is -2.36. The first-order chi connectivity index (χ1) is 8.17. The highest BCUT2D eigenvalue weighted by atomic mass is 79.9. The van der Waals surface area contributed by atoms with Gasteiger partial charge in [-0.1, -0.05) is 6.92 Å². The van der Waals surface area contributed by atoms with Crippen molar-refractivity contribution in [1.82, 2.24) is 4.98 Å². The van der Waals surface area contributed by atoms with Gasteiger partial charge in [-0.25, -0.2) is 4.98 Å². The Labute approximate surface area is 109 Å². The molecule has 4 nitrogen and oxygen atoms in total. The molecule has 2 rings (SSSR count). The van der Waals surface area contributed by atoms with E-state index in [9.17, 15) is 10.2 Å². The second-order valence-corrected chi connectivity index (χ2v) is 5.42. The zero-order valence-corrected chi connectivity index (χ0v) is 11.4. The number of rotatable bonds is 3. The minimum absolute atomic E-state index is 0.0369. The fourth-order valence-electron chi connectivity index (χ4n) is 2.40. The van der Waals surface area contributed by atoms with Crippen molar-refractivity contribution in [3.8, 4) is 0 Å². The minimum Gasteiger partial charge on any atom is -0.394 e. The van der Waals surface area contributed by atoms with Gasteiger partial charge in [0.1, 0.15) is 5.82 Å². The van der Waals surface area contributed by atoms with Gasteiger partial charge in [-0.15, -0.1) is 0 Å². The van der Waals surface area contributed by atoms with Gasteiger partial charge in [0.15, 0.2) is 0 Å². The summed E-state index contributed by atoms with van der Waals surface area (Å²) in [5.74, 6) is 1.25. The molecule has 2 atom stereocenters. The van der Waals surface area contributed by atoms with Gasteiger partial charge >= 0.3 is 0 Å². The van der Waals surface area contributed by atoms with Gasteiger partial charge in [0.05, 0.1) is 19.3 Å². The SMILES string of the molecule is CC1CCN(c2ncc(Br)cc2CO)C1CO. The molecule has 0 radical (unpaired) electrons. The highest BCUT2D eigenvalue weighted by molar-refractivity contribution is 9.10. The van der Waals surface area contributed by atoms with Gasteiger partial charge in [0.2, 0.25) is 0 Å². The topological polar surface area (TPSA) is 56.6 Å². The van der Waals surface area contributed by atoms with Crippen molar-refractivity contribution in [2.45, 2.75) is 26.0 Å². The van der Waals surface area contributed by atoms with Crippen molar-refractivity contribution in [2.24, 2.45) is 5.92 Å². The number of halogens is 1. The molecule has 0 spiro atoms. The maximum absolute atomic E-state index is 9.45. The van der Waals surface area contributed by atoms with Crippen LogP contribution in [-0.4, -0.2) is 34.4 Å². The highest BCUT2D eigenvalue weighted by Crippen LogP contribution is 2.31. The third-order valence-corrected chi connectivity index (χ3v) is 3.86. The summed E-state index contributed by atoms with van der Waals surface area (Å²) < 4.78 is 0.859. The first-order valence-corrected chi connectivity index (χ1v) is 6.59. The molecular weight excluding hydrogens is 284 g/mol. The molecule has 0 aliphatic carbocycles. The van der Waals surface area contributed by atoms with Gasteiger partial charge in [-0.3, -0.25) is 0 Å². The Morgan fingerprint density at radius 3 is 2.94 bits per heavy atom. The van der Waals surface area contributed by atoms with Crippen LogP contribution in [0.15, 0.2) is 16.7 Å². The molecule has 94 valence electrons. The predicted octanol–water partition coefficient (Wildman–Crippen LogP) is 1.54. The molecule has 1 aliphatic rings. The van der Waals surface area contributed by atoms with Crippen LogP contribution in [-0.2, 0) is 6.61 Å². The molecule has 1 aromatic heterocycles. The Bertz CT molecular complexity index is 400. The Morgan fingerprint density at radius 2 is 2.29 bits per heavy atom. The average Bonchev–Trinajstić information content (AvgIpc) is 2.70. The summed E-state index contributed by atoms with van der Waals surface area (Å²) in [5.41, 5.74) is 0.798. The average molecular weight is 301 g/mol. The van der Waals surface area contributed by atoms with Crippen LogP contribution in [0.1, 0.15) is 18.9 Å². The molecule has 2 heterocycles. The van der Waals surface area contributed by atoms with Crippen LogP contribution in [0.3, 0.4) is 0 Å². The van der Waals surface area contributed by atoms with Gasteiger partial charge in [-0.05, 0) is 34.3 Å². The number of aliphatic hydroxyl groups is 2. The van der Waals surface area contributed by atoms with E-state index >= 15 is 0 Å². The summed E-state index contributed by atoms with van der Waals surface area (Å²) in [7, 11) is 0. The van der Waals surface area contributed by atoms with Crippen molar-refractivity contribution in [3.63, 3.8) is 0 Å². The maximum Gasteiger partial charge on any atom is 0.134 e. The normalized spacial score (nSPS) is 24.4. The maximum atomic E-state index is 9.45. The van der Waals surface area contributed by atoms with E-state index in [2.05, 4.69) is 32.7 Å². The summed E-state index contributed by atoms with van der Waals surface area (Å²) >= 11 is 3.35. The molecular formula is C12H17BrN2O2. The van der Waals surface area contributed by atoms with E-state index in [0.717, 1.165) is 28.8 Å². The highest BCUT2D eigenvalue weighted by Gasteiger charge is 2.32. The molecule has 2 N–H and O–H groups in total. The van der Waals surface area contributed by atoms with Crippen LogP contribution < -0.4 is 4.90 Å². The van der Waals surface area contributed by atoms with Crippen molar-refractivity contribution in [1.29, 1.82) is 0 Å². The largest absolute Gasteiger partial charge is 0.394 e. The second-order valence-electron chi connectivity index (χ2n) is 4.50. The van der Waals surface area contributed by atoms with Gasteiger partial charge in [0.25, 0.3) is 0 Å². The standard InChI is InChI=1S/C12H17BrN2O2/c1-8-2-3-15(11(8)7-17)12-9(6-16)4-10(13)5-14-12/h4-5,8,11,16-17H,2-3,6-7H2,1H3. The van der Waals surface area contributed by atoms with Gasteiger partial charge in [0, 0.05) is 22.8 Å². The number of hydrogen-bond donors (Lipinski definition) is 2. The molecule has 1 aromatic rings. The van der Waals surface area contributed by atoms with Crippen molar-refractivity contribution >= 4 is 21.7 Å². The number of aliphatic hydroxyl groups excluding tert-OH is 2. The summed E-state index contributed by atoms with van der Waals surface area (Å²) in [5, 5.41) is 18.8. The molecule has 1 fully saturated rings. The predicted molar refractivity (Wildman–Crippen MR) is 69.9 cm³/mol. The molecule has 17 heavy (non-hydrogen) atoms. The molecule has 0 amide bonds. The minimum atomic E-state index is -0.0369. The summed E-state index contributed by atoms with van der Waals surface area (Å²) in [4.78, 5) is 6.47. The summed E-state index contributed by atoms with van der Waals surface area (Å²) in [6.45, 7) is 3.11. The Kier molecular flexibility index (Phi) is 4.01. The third-order valence-electron chi connectivity index (χ3n) is 3.42. The van der Waals surface area contributed by atoms with Crippen LogP contribution in [0.2, 0.25) is 0 Å². The molecule has 0 bridgehead atoms. The summed E-state index contributed by atoms with van der Waals surface area (Å²) in [6, 6.07) is 1.98. The Hall–Kier alpha value is -0.650. The lowest BCUT2D eigenvalue weighted by atomic mass is 10.0.